The topological polar surface area (TPSA) is 80.0 Å². The van der Waals surface area contributed by atoms with Gasteiger partial charge in [-0.1, -0.05) is 29.8 Å². The number of hydrogen-bond acceptors (Lipinski definition) is 5. The lowest BCUT2D eigenvalue weighted by Crippen LogP contribution is -2.12. The van der Waals surface area contributed by atoms with Crippen molar-refractivity contribution in [3.63, 3.8) is 0 Å². The lowest BCUT2D eigenvalue weighted by Gasteiger charge is -2.12. The third kappa shape index (κ3) is 4.67. The van der Waals surface area contributed by atoms with Gasteiger partial charge in [-0.25, -0.2) is 0 Å². The van der Waals surface area contributed by atoms with E-state index in [0.29, 0.717) is 28.1 Å². The Morgan fingerprint density at radius 2 is 1.57 bits per heavy atom. The van der Waals surface area contributed by atoms with E-state index in [-0.39, 0.29) is 11.9 Å². The highest BCUT2D eigenvalue weighted by Gasteiger charge is 2.15. The van der Waals surface area contributed by atoms with Crippen molar-refractivity contribution in [1.29, 1.82) is 0 Å². The fourth-order valence-electron chi connectivity index (χ4n) is 2.87. The number of carbonyl (C=O) groups excluding carboxylic acids is 1. The molecule has 6 nitrogen and oxygen atoms in total. The van der Waals surface area contributed by atoms with Crippen molar-refractivity contribution in [2.45, 2.75) is 13.0 Å². The number of carbonyl (C=O) groups is 1. The third-order valence-corrected chi connectivity index (χ3v) is 4.72. The van der Waals surface area contributed by atoms with Gasteiger partial charge in [0.25, 0.3) is 5.91 Å². The van der Waals surface area contributed by atoms with E-state index < -0.39 is 0 Å². The molecule has 0 saturated carbocycles. The third-order valence-electron chi connectivity index (χ3n) is 4.46. The van der Waals surface area contributed by atoms with Crippen LogP contribution in [-0.2, 0) is 0 Å². The van der Waals surface area contributed by atoms with E-state index in [0.717, 1.165) is 11.3 Å². The maximum Gasteiger partial charge on any atom is 0.255 e. The van der Waals surface area contributed by atoms with Gasteiger partial charge in [-0.15, -0.1) is 10.2 Å². The molecular formula is C23H19ClN4O2. The first-order valence-corrected chi connectivity index (χ1v) is 9.78. The Kier molecular flexibility index (Phi) is 5.77. The minimum Gasteiger partial charge on any atom is -0.418 e. The molecule has 3 aromatic carbocycles. The Labute approximate surface area is 178 Å². The summed E-state index contributed by atoms with van der Waals surface area (Å²) in [4.78, 5) is 12.3. The molecule has 4 aromatic rings. The lowest BCUT2D eigenvalue weighted by atomic mass is 10.2. The maximum atomic E-state index is 12.3. The van der Waals surface area contributed by atoms with Crippen LogP contribution in [0.2, 0.25) is 5.02 Å². The molecule has 0 fully saturated rings. The zero-order chi connectivity index (χ0) is 20.9. The molecule has 1 aromatic heterocycles. The minimum absolute atomic E-state index is 0.176. The fourth-order valence-corrected chi connectivity index (χ4v) is 3.00. The van der Waals surface area contributed by atoms with Crippen molar-refractivity contribution >= 4 is 28.9 Å². The van der Waals surface area contributed by atoms with E-state index in [9.17, 15) is 4.79 Å². The van der Waals surface area contributed by atoms with E-state index in [4.69, 9.17) is 16.0 Å². The first kappa shape index (κ1) is 19.7. The predicted molar refractivity (Wildman–Crippen MR) is 118 cm³/mol. The van der Waals surface area contributed by atoms with Gasteiger partial charge in [0.15, 0.2) is 0 Å². The van der Waals surface area contributed by atoms with Crippen LogP contribution in [0.1, 0.15) is 29.2 Å². The minimum atomic E-state index is -0.194. The molecular weight excluding hydrogens is 400 g/mol. The summed E-state index contributed by atoms with van der Waals surface area (Å²) in [6.45, 7) is 1.94. The van der Waals surface area contributed by atoms with Crippen LogP contribution in [0.4, 0.5) is 11.4 Å². The van der Waals surface area contributed by atoms with Gasteiger partial charge in [-0.2, -0.15) is 0 Å². The summed E-state index contributed by atoms with van der Waals surface area (Å²) in [6.07, 6.45) is 0. The van der Waals surface area contributed by atoms with Crippen molar-refractivity contribution in [3.8, 4) is 11.5 Å². The molecule has 1 amide bonds. The summed E-state index contributed by atoms with van der Waals surface area (Å²) < 4.78 is 5.79. The molecule has 0 bridgehead atoms. The van der Waals surface area contributed by atoms with Gasteiger partial charge in [0.05, 0.1) is 0 Å². The smallest absolute Gasteiger partial charge is 0.255 e. The van der Waals surface area contributed by atoms with Crippen LogP contribution in [0.3, 0.4) is 0 Å². The van der Waals surface area contributed by atoms with E-state index in [1.807, 2.05) is 61.5 Å². The summed E-state index contributed by atoms with van der Waals surface area (Å²) in [5.74, 6) is 0.786. The number of halogens is 1. The second-order valence-electron chi connectivity index (χ2n) is 6.72. The SMILES string of the molecule is CC(Nc1ccc(NC(=O)c2ccc(Cl)cc2)cc1)c1nnc(-c2ccccc2)o1. The van der Waals surface area contributed by atoms with E-state index >= 15 is 0 Å². The summed E-state index contributed by atoms with van der Waals surface area (Å²) >= 11 is 5.86. The summed E-state index contributed by atoms with van der Waals surface area (Å²) in [5, 5.41) is 15.0. The zero-order valence-corrected chi connectivity index (χ0v) is 16.9. The van der Waals surface area contributed by atoms with Gasteiger partial charge >= 0.3 is 0 Å². The molecule has 0 saturated heterocycles. The van der Waals surface area contributed by atoms with Crippen LogP contribution in [0.5, 0.6) is 0 Å². The Morgan fingerprint density at radius 3 is 2.27 bits per heavy atom. The van der Waals surface area contributed by atoms with Crippen molar-refractivity contribution in [2.75, 3.05) is 10.6 Å². The van der Waals surface area contributed by atoms with Gasteiger partial charge in [-0.05, 0) is 67.6 Å². The summed E-state index contributed by atoms with van der Waals surface area (Å²) in [6, 6.07) is 23.6. The van der Waals surface area contributed by atoms with Crippen LogP contribution in [-0.4, -0.2) is 16.1 Å². The second-order valence-corrected chi connectivity index (χ2v) is 7.15. The number of nitrogens with zero attached hydrogens (tertiary/aromatic N) is 2. The Hall–Kier alpha value is -3.64. The van der Waals surface area contributed by atoms with Crippen molar-refractivity contribution in [2.24, 2.45) is 0 Å². The predicted octanol–water partition coefficient (Wildman–Crippen LogP) is 5.82. The first-order chi connectivity index (χ1) is 14.6. The number of anilines is 2. The van der Waals surface area contributed by atoms with Gasteiger partial charge in [0.2, 0.25) is 11.8 Å². The molecule has 0 spiro atoms. The Bertz CT molecular complexity index is 1130. The molecule has 0 radical (unpaired) electrons. The Morgan fingerprint density at radius 1 is 0.900 bits per heavy atom. The van der Waals surface area contributed by atoms with Gasteiger partial charge in [-0.3, -0.25) is 4.79 Å². The first-order valence-electron chi connectivity index (χ1n) is 9.41. The van der Waals surface area contributed by atoms with Crippen molar-refractivity contribution in [3.05, 3.63) is 95.3 Å². The quantitative estimate of drug-likeness (QED) is 0.412. The highest BCUT2D eigenvalue weighted by Crippen LogP contribution is 2.24. The molecule has 0 aliphatic heterocycles. The van der Waals surface area contributed by atoms with E-state index in [1.54, 1.807) is 24.3 Å². The van der Waals surface area contributed by atoms with Crippen molar-refractivity contribution in [1.82, 2.24) is 10.2 Å². The summed E-state index contributed by atoms with van der Waals surface area (Å²) in [5.41, 5.74) is 2.98. The number of aromatic nitrogens is 2. The highest BCUT2D eigenvalue weighted by atomic mass is 35.5. The second kappa shape index (κ2) is 8.80. The van der Waals surface area contributed by atoms with Crippen LogP contribution >= 0.6 is 11.6 Å². The van der Waals surface area contributed by atoms with Crippen LogP contribution < -0.4 is 10.6 Å². The maximum absolute atomic E-state index is 12.3. The molecule has 1 heterocycles. The monoisotopic (exact) mass is 418 g/mol. The standard InChI is InChI=1S/C23H19ClN4O2/c1-15(22-27-28-23(30-22)17-5-3-2-4-6-17)25-19-11-13-20(14-12-19)26-21(29)16-7-9-18(24)10-8-16/h2-15,25H,1H3,(H,26,29). The largest absolute Gasteiger partial charge is 0.418 e. The number of rotatable bonds is 6. The average molecular weight is 419 g/mol. The molecule has 1 atom stereocenters. The molecule has 30 heavy (non-hydrogen) atoms. The molecule has 4 rings (SSSR count). The van der Waals surface area contributed by atoms with E-state index in [2.05, 4.69) is 20.8 Å². The molecule has 1 unspecified atom stereocenters. The molecule has 150 valence electrons. The fraction of sp³-hybridized carbons (Fsp3) is 0.0870. The number of benzene rings is 3. The normalized spacial score (nSPS) is 11.7. The number of amides is 1. The van der Waals surface area contributed by atoms with Crippen LogP contribution in [0.15, 0.2) is 83.3 Å². The number of nitrogens with one attached hydrogen (secondary N) is 2. The average Bonchev–Trinajstić information content (AvgIpc) is 3.27. The lowest BCUT2D eigenvalue weighted by molar-refractivity contribution is 0.102. The van der Waals surface area contributed by atoms with Gasteiger partial charge in [0, 0.05) is 27.5 Å². The summed E-state index contributed by atoms with van der Waals surface area (Å²) in [7, 11) is 0. The molecule has 7 heteroatoms. The molecule has 2 N–H and O–H groups in total. The highest BCUT2D eigenvalue weighted by molar-refractivity contribution is 6.30. The van der Waals surface area contributed by atoms with E-state index in [1.165, 1.54) is 0 Å². The van der Waals surface area contributed by atoms with Gasteiger partial charge < -0.3 is 15.1 Å². The van der Waals surface area contributed by atoms with Crippen LogP contribution in [0, 0.1) is 0 Å². The van der Waals surface area contributed by atoms with Gasteiger partial charge in [0.1, 0.15) is 6.04 Å². The van der Waals surface area contributed by atoms with Crippen LogP contribution in [0.25, 0.3) is 11.5 Å². The van der Waals surface area contributed by atoms with Crippen molar-refractivity contribution < 1.29 is 9.21 Å². The zero-order valence-electron chi connectivity index (χ0n) is 16.2. The number of hydrogen-bond donors (Lipinski definition) is 2. The Balaban J connectivity index is 1.38. The molecule has 0 aliphatic carbocycles. The molecule has 0 aliphatic rings.